The van der Waals surface area contributed by atoms with E-state index < -0.39 is 0 Å². The van der Waals surface area contributed by atoms with Crippen molar-refractivity contribution in [3.8, 4) is 0 Å². The van der Waals surface area contributed by atoms with Gasteiger partial charge >= 0.3 is 0 Å². The van der Waals surface area contributed by atoms with Gasteiger partial charge in [-0.1, -0.05) is 20.8 Å². The minimum atomic E-state index is 0.261. The first-order valence-electron chi connectivity index (χ1n) is 7.73. The molecular weight excluding hydrogens is 314 g/mol. The fourth-order valence-electron chi connectivity index (χ4n) is 3.28. The number of halogens is 1. The van der Waals surface area contributed by atoms with Crippen molar-refractivity contribution in [2.45, 2.75) is 59.3 Å². The Hall–Kier alpha value is -0.350. The predicted molar refractivity (Wildman–Crippen MR) is 87.7 cm³/mol. The number of nitrogens with zero attached hydrogens (tertiary/aromatic N) is 2. The molecular formula is C16H28BrN3. The second-order valence-electron chi connectivity index (χ2n) is 7.23. The van der Waals surface area contributed by atoms with Gasteiger partial charge in [0.05, 0.1) is 15.9 Å². The van der Waals surface area contributed by atoms with Crippen LogP contribution in [-0.4, -0.2) is 16.3 Å². The molecule has 114 valence electrons. The van der Waals surface area contributed by atoms with E-state index in [9.17, 15) is 0 Å². The zero-order valence-corrected chi connectivity index (χ0v) is 14.9. The van der Waals surface area contributed by atoms with Crippen molar-refractivity contribution >= 4 is 15.9 Å². The molecule has 0 aliphatic heterocycles. The summed E-state index contributed by atoms with van der Waals surface area (Å²) in [6.07, 6.45) is 7.03. The third kappa shape index (κ3) is 3.11. The lowest BCUT2D eigenvalue weighted by Crippen LogP contribution is -2.39. The maximum absolute atomic E-state index is 6.17. The zero-order chi connectivity index (χ0) is 15.0. The molecule has 1 aromatic rings. The van der Waals surface area contributed by atoms with Gasteiger partial charge in [0, 0.05) is 7.05 Å². The molecule has 0 unspecified atom stereocenters. The summed E-state index contributed by atoms with van der Waals surface area (Å²) in [7, 11) is 2.05. The molecule has 0 saturated heterocycles. The first-order valence-corrected chi connectivity index (χ1v) is 8.52. The molecule has 2 N–H and O–H groups in total. The summed E-state index contributed by atoms with van der Waals surface area (Å²) in [6, 6.07) is 0. The number of hydrogen-bond acceptors (Lipinski definition) is 2. The largest absolute Gasteiger partial charge is 0.330 e. The molecule has 1 heterocycles. The van der Waals surface area contributed by atoms with Crippen LogP contribution < -0.4 is 5.73 Å². The summed E-state index contributed by atoms with van der Waals surface area (Å²) in [5.74, 6) is 0. The Morgan fingerprint density at radius 1 is 1.25 bits per heavy atom. The van der Waals surface area contributed by atoms with E-state index >= 15 is 0 Å². The number of aromatic nitrogens is 2. The summed E-state index contributed by atoms with van der Waals surface area (Å²) in [5.41, 5.74) is 9.38. The highest BCUT2D eigenvalue weighted by Crippen LogP contribution is 2.46. The fraction of sp³-hybridized carbons (Fsp3) is 0.812. The second-order valence-corrected chi connectivity index (χ2v) is 8.02. The monoisotopic (exact) mass is 341 g/mol. The van der Waals surface area contributed by atoms with E-state index in [-0.39, 0.29) is 5.41 Å². The van der Waals surface area contributed by atoms with Crippen LogP contribution in [-0.2, 0) is 19.9 Å². The highest BCUT2D eigenvalue weighted by molar-refractivity contribution is 9.10. The molecule has 1 aliphatic carbocycles. The third-order valence-corrected chi connectivity index (χ3v) is 6.06. The van der Waals surface area contributed by atoms with Gasteiger partial charge in [-0.15, -0.1) is 0 Å². The van der Waals surface area contributed by atoms with Crippen LogP contribution in [0.15, 0.2) is 4.47 Å². The summed E-state index contributed by atoms with van der Waals surface area (Å²) in [6.45, 7) is 7.69. The molecule has 0 aromatic carbocycles. The normalized spacial score (nSPS) is 21.1. The van der Waals surface area contributed by atoms with E-state index in [4.69, 9.17) is 5.73 Å². The Morgan fingerprint density at radius 3 is 2.30 bits per heavy atom. The Kier molecular flexibility index (Phi) is 4.65. The maximum atomic E-state index is 6.17. The van der Waals surface area contributed by atoms with Gasteiger partial charge in [0.2, 0.25) is 0 Å². The van der Waals surface area contributed by atoms with Crippen molar-refractivity contribution in [1.29, 1.82) is 0 Å². The van der Waals surface area contributed by atoms with E-state index in [2.05, 4.69) is 48.8 Å². The van der Waals surface area contributed by atoms with E-state index in [1.165, 1.54) is 35.8 Å². The molecule has 0 bridgehead atoms. The molecule has 0 atom stereocenters. The quantitative estimate of drug-likeness (QED) is 0.904. The molecule has 1 saturated carbocycles. The molecule has 0 radical (unpaired) electrons. The summed E-state index contributed by atoms with van der Waals surface area (Å²) >= 11 is 3.74. The van der Waals surface area contributed by atoms with Crippen molar-refractivity contribution in [3.63, 3.8) is 0 Å². The third-order valence-electron chi connectivity index (χ3n) is 5.14. The van der Waals surface area contributed by atoms with Crippen LogP contribution in [0.4, 0.5) is 0 Å². The SMILES string of the molecule is CCc1nn(C)c(CC2(CN)CCC(C)(C)CC2)c1Br. The van der Waals surface area contributed by atoms with Gasteiger partial charge in [-0.2, -0.15) is 5.10 Å². The Labute approximate surface area is 131 Å². The van der Waals surface area contributed by atoms with Crippen LogP contribution in [0.25, 0.3) is 0 Å². The molecule has 0 spiro atoms. The molecule has 3 nitrogen and oxygen atoms in total. The topological polar surface area (TPSA) is 43.8 Å². The highest BCUT2D eigenvalue weighted by Gasteiger charge is 2.38. The molecule has 1 fully saturated rings. The van der Waals surface area contributed by atoms with Gasteiger partial charge in [0.15, 0.2) is 0 Å². The fourth-order valence-corrected chi connectivity index (χ4v) is 4.03. The molecule has 0 amide bonds. The molecule has 1 aromatic heterocycles. The predicted octanol–water partition coefficient (Wildman–Crippen LogP) is 3.83. The van der Waals surface area contributed by atoms with Crippen LogP contribution in [0, 0.1) is 10.8 Å². The molecule has 1 aliphatic rings. The standard InChI is InChI=1S/C16H28BrN3/c1-5-12-14(17)13(20(4)19-12)10-16(11-18)8-6-15(2,3)7-9-16/h5-11,18H2,1-4H3. The van der Waals surface area contributed by atoms with Crippen LogP contribution in [0.3, 0.4) is 0 Å². The van der Waals surface area contributed by atoms with E-state index in [0.717, 1.165) is 25.1 Å². The van der Waals surface area contributed by atoms with E-state index in [1.54, 1.807) is 0 Å². The average Bonchev–Trinajstić information content (AvgIpc) is 2.68. The van der Waals surface area contributed by atoms with Crippen molar-refractivity contribution < 1.29 is 0 Å². The lowest BCUT2D eigenvalue weighted by atomic mass is 9.63. The minimum absolute atomic E-state index is 0.261. The number of hydrogen-bond donors (Lipinski definition) is 1. The Bertz CT molecular complexity index is 466. The van der Waals surface area contributed by atoms with Gasteiger partial charge in [-0.3, -0.25) is 4.68 Å². The Balaban J connectivity index is 2.21. The maximum Gasteiger partial charge on any atom is 0.0766 e. The number of rotatable bonds is 4. The number of nitrogens with two attached hydrogens (primary N) is 1. The molecule has 20 heavy (non-hydrogen) atoms. The summed E-state index contributed by atoms with van der Waals surface area (Å²) < 4.78 is 3.24. The minimum Gasteiger partial charge on any atom is -0.330 e. The second kappa shape index (κ2) is 5.80. The van der Waals surface area contributed by atoms with E-state index in [1.807, 2.05) is 4.68 Å². The van der Waals surface area contributed by atoms with Crippen LogP contribution in [0.5, 0.6) is 0 Å². The van der Waals surface area contributed by atoms with Crippen molar-refractivity contribution in [2.75, 3.05) is 6.54 Å². The zero-order valence-electron chi connectivity index (χ0n) is 13.3. The van der Waals surface area contributed by atoms with Gasteiger partial charge in [-0.05, 0) is 71.8 Å². The first-order chi connectivity index (χ1) is 9.32. The first kappa shape index (κ1) is 16.0. The van der Waals surface area contributed by atoms with Crippen LogP contribution >= 0.6 is 15.9 Å². The van der Waals surface area contributed by atoms with Gasteiger partial charge < -0.3 is 5.73 Å². The number of aryl methyl sites for hydroxylation is 2. The van der Waals surface area contributed by atoms with Crippen LogP contribution in [0.2, 0.25) is 0 Å². The lowest BCUT2D eigenvalue weighted by Gasteiger charge is -2.43. The van der Waals surface area contributed by atoms with Crippen LogP contribution in [0.1, 0.15) is 57.8 Å². The molecule has 4 heteroatoms. The molecule has 2 rings (SSSR count). The van der Waals surface area contributed by atoms with Crippen molar-refractivity contribution in [2.24, 2.45) is 23.6 Å². The van der Waals surface area contributed by atoms with Gasteiger partial charge in [0.25, 0.3) is 0 Å². The summed E-state index contributed by atoms with van der Waals surface area (Å²) in [4.78, 5) is 0. The van der Waals surface area contributed by atoms with Gasteiger partial charge in [-0.25, -0.2) is 0 Å². The van der Waals surface area contributed by atoms with Crippen molar-refractivity contribution in [3.05, 3.63) is 15.9 Å². The average molecular weight is 342 g/mol. The van der Waals surface area contributed by atoms with Gasteiger partial charge in [0.1, 0.15) is 0 Å². The lowest BCUT2D eigenvalue weighted by molar-refractivity contribution is 0.106. The highest BCUT2D eigenvalue weighted by atomic mass is 79.9. The van der Waals surface area contributed by atoms with Crippen molar-refractivity contribution in [1.82, 2.24) is 9.78 Å². The van der Waals surface area contributed by atoms with E-state index in [0.29, 0.717) is 5.41 Å². The Morgan fingerprint density at radius 2 is 1.85 bits per heavy atom. The summed E-state index contributed by atoms with van der Waals surface area (Å²) in [5, 5.41) is 4.62. The smallest absolute Gasteiger partial charge is 0.0766 e.